The SMILES string of the molecule is COc1ccc(-c2noc(C3CC34CCNC4)n2)cn1. The lowest BCUT2D eigenvalue weighted by molar-refractivity contribution is 0.364. The van der Waals surface area contributed by atoms with E-state index in [0.717, 1.165) is 31.0 Å². The van der Waals surface area contributed by atoms with Crippen molar-refractivity contribution in [2.45, 2.75) is 18.8 Å². The van der Waals surface area contributed by atoms with Crippen molar-refractivity contribution in [1.82, 2.24) is 20.4 Å². The van der Waals surface area contributed by atoms with Crippen molar-refractivity contribution >= 4 is 0 Å². The fraction of sp³-hybridized carbons (Fsp3) is 0.500. The summed E-state index contributed by atoms with van der Waals surface area (Å²) in [5.41, 5.74) is 1.22. The molecular weight excluding hydrogens is 256 g/mol. The molecule has 1 aliphatic carbocycles. The zero-order chi connectivity index (χ0) is 13.6. The van der Waals surface area contributed by atoms with Gasteiger partial charge in [-0.3, -0.25) is 0 Å². The highest BCUT2D eigenvalue weighted by molar-refractivity contribution is 5.53. The summed E-state index contributed by atoms with van der Waals surface area (Å²) in [6.45, 7) is 2.17. The first-order valence-corrected chi connectivity index (χ1v) is 6.85. The molecule has 2 atom stereocenters. The lowest BCUT2D eigenvalue weighted by atomic mass is 10.0. The average Bonchev–Trinajstić information content (AvgIpc) is 2.86. The Bertz CT molecular complexity index is 616. The minimum atomic E-state index is 0.377. The highest BCUT2D eigenvalue weighted by Crippen LogP contribution is 2.62. The van der Waals surface area contributed by atoms with Crippen LogP contribution in [0.1, 0.15) is 24.7 Å². The van der Waals surface area contributed by atoms with Gasteiger partial charge in [0.25, 0.3) is 0 Å². The first-order valence-electron chi connectivity index (χ1n) is 6.85. The van der Waals surface area contributed by atoms with Crippen molar-refractivity contribution in [3.8, 4) is 17.3 Å². The van der Waals surface area contributed by atoms with Gasteiger partial charge >= 0.3 is 0 Å². The number of nitrogens with one attached hydrogen (secondary N) is 1. The van der Waals surface area contributed by atoms with E-state index < -0.39 is 0 Å². The molecule has 3 heterocycles. The number of methoxy groups -OCH3 is 1. The van der Waals surface area contributed by atoms with E-state index in [-0.39, 0.29) is 0 Å². The topological polar surface area (TPSA) is 73.1 Å². The maximum atomic E-state index is 5.44. The zero-order valence-electron chi connectivity index (χ0n) is 11.3. The largest absolute Gasteiger partial charge is 0.481 e. The molecule has 1 aliphatic heterocycles. The summed E-state index contributed by atoms with van der Waals surface area (Å²) in [6, 6.07) is 3.69. The Labute approximate surface area is 116 Å². The molecule has 1 spiro atoms. The Morgan fingerprint density at radius 3 is 3.10 bits per heavy atom. The van der Waals surface area contributed by atoms with Gasteiger partial charge in [-0.25, -0.2) is 4.98 Å². The van der Waals surface area contributed by atoms with Crippen LogP contribution < -0.4 is 10.1 Å². The molecule has 2 fully saturated rings. The normalized spacial score (nSPS) is 27.9. The fourth-order valence-corrected chi connectivity index (χ4v) is 3.06. The van der Waals surface area contributed by atoms with Crippen LogP contribution in [0.3, 0.4) is 0 Å². The molecule has 2 aliphatic rings. The van der Waals surface area contributed by atoms with Gasteiger partial charge < -0.3 is 14.6 Å². The van der Waals surface area contributed by atoms with Crippen molar-refractivity contribution in [1.29, 1.82) is 0 Å². The molecule has 0 radical (unpaired) electrons. The second-order valence-electron chi connectivity index (χ2n) is 5.59. The second-order valence-corrected chi connectivity index (χ2v) is 5.59. The fourth-order valence-electron chi connectivity index (χ4n) is 3.06. The van der Waals surface area contributed by atoms with Crippen LogP contribution in [0.25, 0.3) is 11.4 Å². The monoisotopic (exact) mass is 272 g/mol. The quantitative estimate of drug-likeness (QED) is 0.915. The summed E-state index contributed by atoms with van der Waals surface area (Å²) in [5.74, 6) is 2.36. The standard InChI is InChI=1S/C14H16N4O2/c1-19-11-3-2-9(7-16-11)12-17-13(20-18-12)10-6-14(10)4-5-15-8-14/h2-3,7,10,15H,4-6,8H2,1H3. The first-order chi connectivity index (χ1) is 9.81. The Balaban J connectivity index is 1.56. The van der Waals surface area contributed by atoms with E-state index in [0.29, 0.717) is 23.0 Å². The maximum Gasteiger partial charge on any atom is 0.230 e. The molecule has 2 aromatic rings. The van der Waals surface area contributed by atoms with Gasteiger partial charge in [-0.1, -0.05) is 5.16 Å². The maximum absolute atomic E-state index is 5.44. The van der Waals surface area contributed by atoms with Crippen LogP contribution >= 0.6 is 0 Å². The molecule has 6 nitrogen and oxygen atoms in total. The van der Waals surface area contributed by atoms with Crippen LogP contribution in [0.5, 0.6) is 5.88 Å². The second kappa shape index (κ2) is 4.28. The number of aromatic nitrogens is 3. The average molecular weight is 272 g/mol. The van der Waals surface area contributed by atoms with Crippen LogP contribution in [0.4, 0.5) is 0 Å². The lowest BCUT2D eigenvalue weighted by Gasteiger charge is -2.02. The lowest BCUT2D eigenvalue weighted by Crippen LogP contribution is -2.10. The minimum Gasteiger partial charge on any atom is -0.481 e. The first kappa shape index (κ1) is 11.8. The van der Waals surface area contributed by atoms with Gasteiger partial charge in [0.15, 0.2) is 0 Å². The summed E-state index contributed by atoms with van der Waals surface area (Å²) >= 11 is 0. The van der Waals surface area contributed by atoms with Gasteiger partial charge in [0.1, 0.15) is 0 Å². The number of hydrogen-bond acceptors (Lipinski definition) is 6. The number of rotatable bonds is 3. The van der Waals surface area contributed by atoms with Crippen molar-refractivity contribution in [2.75, 3.05) is 20.2 Å². The Morgan fingerprint density at radius 1 is 1.45 bits per heavy atom. The van der Waals surface area contributed by atoms with E-state index in [9.17, 15) is 0 Å². The van der Waals surface area contributed by atoms with Gasteiger partial charge in [0.2, 0.25) is 17.6 Å². The molecule has 1 saturated heterocycles. The van der Waals surface area contributed by atoms with Crippen LogP contribution in [-0.2, 0) is 0 Å². The Kier molecular flexibility index (Phi) is 2.53. The van der Waals surface area contributed by atoms with E-state index in [1.54, 1.807) is 19.4 Å². The zero-order valence-corrected chi connectivity index (χ0v) is 11.3. The van der Waals surface area contributed by atoms with Crippen LogP contribution in [0.15, 0.2) is 22.9 Å². The highest BCUT2D eigenvalue weighted by atomic mass is 16.5. The molecule has 6 heteroatoms. The Morgan fingerprint density at radius 2 is 2.40 bits per heavy atom. The van der Waals surface area contributed by atoms with Crippen molar-refractivity contribution in [3.63, 3.8) is 0 Å². The number of hydrogen-bond donors (Lipinski definition) is 1. The number of nitrogens with zero attached hydrogens (tertiary/aromatic N) is 3. The molecular formula is C14H16N4O2. The molecule has 0 amide bonds. The predicted octanol–water partition coefficient (Wildman–Crippen LogP) is 1.61. The van der Waals surface area contributed by atoms with E-state index in [4.69, 9.17) is 9.26 Å². The van der Waals surface area contributed by atoms with Crippen molar-refractivity contribution in [3.05, 3.63) is 24.2 Å². The van der Waals surface area contributed by atoms with Gasteiger partial charge in [-0.15, -0.1) is 0 Å². The molecule has 4 rings (SSSR count). The summed E-state index contributed by atoms with van der Waals surface area (Å²) in [4.78, 5) is 8.69. The summed E-state index contributed by atoms with van der Waals surface area (Å²) in [7, 11) is 1.59. The molecule has 20 heavy (non-hydrogen) atoms. The van der Waals surface area contributed by atoms with Gasteiger partial charge in [-0.2, -0.15) is 4.98 Å². The number of pyridine rings is 1. The van der Waals surface area contributed by atoms with Crippen molar-refractivity contribution in [2.24, 2.45) is 5.41 Å². The summed E-state index contributed by atoms with van der Waals surface area (Å²) in [5, 5.41) is 7.48. The number of ether oxygens (including phenoxy) is 1. The molecule has 0 aromatic carbocycles. The van der Waals surface area contributed by atoms with Gasteiger partial charge in [0, 0.05) is 30.3 Å². The predicted molar refractivity (Wildman–Crippen MR) is 71.4 cm³/mol. The van der Waals surface area contributed by atoms with E-state index in [2.05, 4.69) is 20.4 Å². The molecule has 2 aromatic heterocycles. The minimum absolute atomic E-state index is 0.377. The smallest absolute Gasteiger partial charge is 0.230 e. The van der Waals surface area contributed by atoms with Crippen molar-refractivity contribution < 1.29 is 9.26 Å². The molecule has 104 valence electrons. The molecule has 1 N–H and O–H groups in total. The van der Waals surface area contributed by atoms with Crippen LogP contribution in [0.2, 0.25) is 0 Å². The van der Waals surface area contributed by atoms with E-state index in [1.165, 1.54) is 6.42 Å². The third-order valence-corrected chi connectivity index (χ3v) is 4.41. The van der Waals surface area contributed by atoms with Crippen LogP contribution in [0, 0.1) is 5.41 Å². The summed E-state index contributed by atoms with van der Waals surface area (Å²) < 4.78 is 10.5. The third-order valence-electron chi connectivity index (χ3n) is 4.41. The van der Waals surface area contributed by atoms with Gasteiger partial charge in [0.05, 0.1) is 7.11 Å². The molecule has 2 unspecified atom stereocenters. The molecule has 1 saturated carbocycles. The summed E-state index contributed by atoms with van der Waals surface area (Å²) in [6.07, 6.45) is 4.06. The van der Waals surface area contributed by atoms with E-state index in [1.807, 2.05) is 6.07 Å². The third kappa shape index (κ3) is 1.79. The van der Waals surface area contributed by atoms with Crippen LogP contribution in [-0.4, -0.2) is 35.3 Å². The van der Waals surface area contributed by atoms with E-state index >= 15 is 0 Å². The Hall–Kier alpha value is -1.95. The molecule has 0 bridgehead atoms. The van der Waals surface area contributed by atoms with Gasteiger partial charge in [-0.05, 0) is 30.9 Å². The highest BCUT2D eigenvalue weighted by Gasteiger charge is 2.58.